The quantitative estimate of drug-likeness (QED) is 0.798. The van der Waals surface area contributed by atoms with Crippen molar-refractivity contribution in [3.8, 4) is 11.6 Å². The van der Waals surface area contributed by atoms with E-state index in [0.29, 0.717) is 28.2 Å². The van der Waals surface area contributed by atoms with E-state index in [9.17, 15) is 0 Å². The number of nitrogens with zero attached hydrogens (tertiary/aromatic N) is 2. The van der Waals surface area contributed by atoms with E-state index in [-0.39, 0.29) is 0 Å². The van der Waals surface area contributed by atoms with Crippen molar-refractivity contribution in [2.75, 3.05) is 0 Å². The van der Waals surface area contributed by atoms with Gasteiger partial charge in [-0.15, -0.1) is 0 Å². The number of nitrogens with two attached hydrogens (primary N) is 1. The summed E-state index contributed by atoms with van der Waals surface area (Å²) in [6.45, 7) is 0.321. The number of imidazole rings is 1. The SMILES string of the molecule is NCc1c(Oc2ccc(Cl)c(Cl)c2)nc2ccccn12. The van der Waals surface area contributed by atoms with Gasteiger partial charge in [0, 0.05) is 18.8 Å². The summed E-state index contributed by atoms with van der Waals surface area (Å²) >= 11 is 11.8. The standard InChI is InChI=1S/C14H11Cl2N3O/c15-10-5-4-9(7-11(10)16)20-14-12(8-17)19-6-2-1-3-13(19)18-14/h1-7H,8,17H2. The van der Waals surface area contributed by atoms with E-state index in [2.05, 4.69) is 4.98 Å². The Bertz CT molecular complexity index is 770. The highest BCUT2D eigenvalue weighted by atomic mass is 35.5. The molecule has 1 aromatic carbocycles. The average molecular weight is 308 g/mol. The second-order valence-electron chi connectivity index (χ2n) is 4.17. The lowest BCUT2D eigenvalue weighted by Crippen LogP contribution is -2.02. The summed E-state index contributed by atoms with van der Waals surface area (Å²) in [6, 6.07) is 10.8. The lowest BCUT2D eigenvalue weighted by atomic mass is 10.3. The van der Waals surface area contributed by atoms with Crippen LogP contribution < -0.4 is 10.5 Å². The molecule has 0 saturated heterocycles. The molecular weight excluding hydrogens is 297 g/mol. The zero-order valence-corrected chi connectivity index (χ0v) is 11.9. The topological polar surface area (TPSA) is 52.5 Å². The number of hydrogen-bond acceptors (Lipinski definition) is 3. The zero-order valence-electron chi connectivity index (χ0n) is 10.4. The number of hydrogen-bond donors (Lipinski definition) is 1. The minimum atomic E-state index is 0.321. The van der Waals surface area contributed by atoms with Crippen LogP contribution in [0.1, 0.15) is 5.69 Å². The van der Waals surface area contributed by atoms with Crippen LogP contribution in [0.15, 0.2) is 42.6 Å². The highest BCUT2D eigenvalue weighted by molar-refractivity contribution is 6.42. The number of pyridine rings is 1. The lowest BCUT2D eigenvalue weighted by Gasteiger charge is -2.05. The maximum absolute atomic E-state index is 5.97. The van der Waals surface area contributed by atoms with E-state index in [4.69, 9.17) is 33.7 Å². The average Bonchev–Trinajstić information content (AvgIpc) is 2.80. The molecule has 0 aliphatic heterocycles. The molecule has 2 aromatic heterocycles. The molecule has 0 saturated carbocycles. The Labute approximate surface area is 125 Å². The first-order valence-corrected chi connectivity index (χ1v) is 6.73. The van der Waals surface area contributed by atoms with Gasteiger partial charge >= 0.3 is 0 Å². The van der Waals surface area contributed by atoms with Crippen LogP contribution in [-0.2, 0) is 6.54 Å². The van der Waals surface area contributed by atoms with Gasteiger partial charge in [0.1, 0.15) is 17.1 Å². The Morgan fingerprint density at radius 1 is 1.15 bits per heavy atom. The summed E-state index contributed by atoms with van der Waals surface area (Å²) in [4.78, 5) is 4.42. The van der Waals surface area contributed by atoms with Crippen LogP contribution in [0.2, 0.25) is 10.0 Å². The van der Waals surface area contributed by atoms with Gasteiger partial charge in [-0.3, -0.25) is 4.40 Å². The smallest absolute Gasteiger partial charge is 0.242 e. The predicted octanol–water partition coefficient (Wildman–Crippen LogP) is 3.89. The summed E-state index contributed by atoms with van der Waals surface area (Å²) in [7, 11) is 0. The van der Waals surface area contributed by atoms with Gasteiger partial charge in [-0.05, 0) is 24.3 Å². The van der Waals surface area contributed by atoms with Crippen molar-refractivity contribution < 1.29 is 4.74 Å². The Hall–Kier alpha value is -1.75. The van der Waals surface area contributed by atoms with Gasteiger partial charge in [0.15, 0.2) is 0 Å². The van der Waals surface area contributed by atoms with E-state index < -0.39 is 0 Å². The van der Waals surface area contributed by atoms with Gasteiger partial charge in [0.25, 0.3) is 0 Å². The molecule has 0 radical (unpaired) electrons. The number of fused-ring (bicyclic) bond motifs is 1. The van der Waals surface area contributed by atoms with Gasteiger partial charge in [0.2, 0.25) is 5.88 Å². The third kappa shape index (κ3) is 2.33. The second kappa shape index (κ2) is 5.32. The van der Waals surface area contributed by atoms with E-state index in [1.165, 1.54) is 0 Å². The largest absolute Gasteiger partial charge is 0.437 e. The van der Waals surface area contributed by atoms with Crippen molar-refractivity contribution in [3.05, 3.63) is 58.3 Å². The number of halogens is 2. The molecule has 0 bridgehead atoms. The normalized spacial score (nSPS) is 10.9. The molecule has 0 aliphatic carbocycles. The van der Waals surface area contributed by atoms with Gasteiger partial charge in [-0.25, -0.2) is 0 Å². The van der Waals surface area contributed by atoms with Crippen LogP contribution >= 0.6 is 23.2 Å². The molecule has 2 heterocycles. The van der Waals surface area contributed by atoms with Crippen molar-refractivity contribution in [1.82, 2.24) is 9.38 Å². The third-order valence-electron chi connectivity index (χ3n) is 2.89. The first-order valence-electron chi connectivity index (χ1n) is 5.98. The summed E-state index contributed by atoms with van der Waals surface area (Å²) in [6.07, 6.45) is 1.90. The maximum Gasteiger partial charge on any atom is 0.242 e. The molecule has 0 aliphatic rings. The minimum absolute atomic E-state index is 0.321. The molecule has 0 spiro atoms. The number of aromatic nitrogens is 2. The molecule has 0 fully saturated rings. The predicted molar refractivity (Wildman–Crippen MR) is 79.6 cm³/mol. The van der Waals surface area contributed by atoms with Crippen molar-refractivity contribution in [2.45, 2.75) is 6.54 Å². The number of benzene rings is 1. The molecule has 0 atom stereocenters. The molecular formula is C14H11Cl2N3O. The highest BCUT2D eigenvalue weighted by Gasteiger charge is 2.13. The van der Waals surface area contributed by atoms with Crippen LogP contribution in [0.5, 0.6) is 11.6 Å². The second-order valence-corrected chi connectivity index (χ2v) is 4.99. The summed E-state index contributed by atoms with van der Waals surface area (Å²) in [5.41, 5.74) is 7.36. The van der Waals surface area contributed by atoms with Crippen molar-refractivity contribution >= 4 is 28.8 Å². The van der Waals surface area contributed by atoms with Gasteiger partial charge in [-0.2, -0.15) is 4.98 Å². The molecule has 6 heteroatoms. The molecule has 20 heavy (non-hydrogen) atoms. The molecule has 3 aromatic rings. The molecule has 2 N–H and O–H groups in total. The van der Waals surface area contributed by atoms with Crippen LogP contribution in [0, 0.1) is 0 Å². The zero-order chi connectivity index (χ0) is 14.1. The Morgan fingerprint density at radius 3 is 2.75 bits per heavy atom. The van der Waals surface area contributed by atoms with Crippen LogP contribution in [0.25, 0.3) is 5.65 Å². The first-order chi connectivity index (χ1) is 9.69. The number of rotatable bonds is 3. The highest BCUT2D eigenvalue weighted by Crippen LogP contribution is 2.30. The summed E-state index contributed by atoms with van der Waals surface area (Å²) < 4.78 is 7.66. The van der Waals surface area contributed by atoms with E-state index in [1.807, 2.05) is 28.8 Å². The van der Waals surface area contributed by atoms with Crippen molar-refractivity contribution in [2.24, 2.45) is 5.73 Å². The van der Waals surface area contributed by atoms with Crippen molar-refractivity contribution in [3.63, 3.8) is 0 Å². The van der Waals surface area contributed by atoms with E-state index in [1.54, 1.807) is 18.2 Å². The van der Waals surface area contributed by atoms with E-state index >= 15 is 0 Å². The molecule has 4 nitrogen and oxygen atoms in total. The van der Waals surface area contributed by atoms with Gasteiger partial charge < -0.3 is 10.5 Å². The maximum atomic E-state index is 5.97. The Balaban J connectivity index is 2.03. The fraction of sp³-hybridized carbons (Fsp3) is 0.0714. The molecule has 0 amide bonds. The van der Waals surface area contributed by atoms with Gasteiger partial charge in [0.05, 0.1) is 10.0 Å². The minimum Gasteiger partial charge on any atom is -0.437 e. The van der Waals surface area contributed by atoms with Crippen LogP contribution in [0.4, 0.5) is 0 Å². The lowest BCUT2D eigenvalue weighted by molar-refractivity contribution is 0.459. The van der Waals surface area contributed by atoms with E-state index in [0.717, 1.165) is 11.3 Å². The van der Waals surface area contributed by atoms with Crippen molar-refractivity contribution in [1.29, 1.82) is 0 Å². The molecule has 102 valence electrons. The van der Waals surface area contributed by atoms with Crippen LogP contribution in [0.3, 0.4) is 0 Å². The van der Waals surface area contributed by atoms with Gasteiger partial charge in [-0.1, -0.05) is 29.3 Å². The summed E-state index contributed by atoms with van der Waals surface area (Å²) in [5.74, 6) is 1.04. The third-order valence-corrected chi connectivity index (χ3v) is 3.63. The number of ether oxygens (including phenoxy) is 1. The molecule has 0 unspecified atom stereocenters. The fourth-order valence-corrected chi connectivity index (χ4v) is 2.23. The fourth-order valence-electron chi connectivity index (χ4n) is 1.94. The monoisotopic (exact) mass is 307 g/mol. The molecule has 3 rings (SSSR count). The Morgan fingerprint density at radius 2 is 2.00 bits per heavy atom. The summed E-state index contributed by atoms with van der Waals surface area (Å²) in [5, 5.41) is 0.912. The van der Waals surface area contributed by atoms with Crippen LogP contribution in [-0.4, -0.2) is 9.38 Å². The Kier molecular flexibility index (Phi) is 3.53. The first kappa shape index (κ1) is 13.2.